The third-order valence-corrected chi connectivity index (χ3v) is 2.67. The highest BCUT2D eigenvalue weighted by Crippen LogP contribution is 2.35. The van der Waals surface area contributed by atoms with E-state index in [2.05, 4.69) is 6.58 Å². The Morgan fingerprint density at radius 1 is 1.47 bits per heavy atom. The quantitative estimate of drug-likeness (QED) is 0.446. The summed E-state index contributed by atoms with van der Waals surface area (Å²) in [5.41, 5.74) is 1.02. The van der Waals surface area contributed by atoms with Gasteiger partial charge in [0, 0.05) is 23.5 Å². The van der Waals surface area contributed by atoms with Crippen LogP contribution in [-0.2, 0) is 4.84 Å². The van der Waals surface area contributed by atoms with E-state index in [4.69, 9.17) is 4.84 Å². The minimum atomic E-state index is -0.783. The first-order chi connectivity index (χ1) is 8.02. The van der Waals surface area contributed by atoms with Crippen molar-refractivity contribution in [3.05, 3.63) is 57.3 Å². The van der Waals surface area contributed by atoms with Crippen LogP contribution in [0.2, 0.25) is 0 Å². The first kappa shape index (κ1) is 11.1. The second kappa shape index (κ2) is 3.89. The van der Waals surface area contributed by atoms with Crippen LogP contribution in [0.5, 0.6) is 0 Å². The van der Waals surface area contributed by atoms with Gasteiger partial charge in [0.1, 0.15) is 6.10 Å². The van der Waals surface area contributed by atoms with Crippen LogP contribution in [0.4, 0.5) is 5.69 Å². The zero-order valence-electron chi connectivity index (χ0n) is 9.12. The van der Waals surface area contributed by atoms with Gasteiger partial charge in [-0.3, -0.25) is 15.3 Å². The maximum Gasteiger partial charge on any atom is 0.274 e. The van der Waals surface area contributed by atoms with Gasteiger partial charge in [-0.1, -0.05) is 24.8 Å². The highest BCUT2D eigenvalue weighted by Gasteiger charge is 2.34. The van der Waals surface area contributed by atoms with Crippen molar-refractivity contribution in [1.29, 1.82) is 0 Å². The number of nitrogens with zero attached hydrogens (tertiary/aromatic N) is 2. The predicted octanol–water partition coefficient (Wildman–Crippen LogP) is 2.11. The molecule has 0 fully saturated rings. The molecule has 6 heteroatoms. The van der Waals surface area contributed by atoms with Crippen LogP contribution in [0.1, 0.15) is 18.6 Å². The first-order valence-corrected chi connectivity index (χ1v) is 4.92. The molecular formula is C11H10N2O4. The van der Waals surface area contributed by atoms with E-state index in [0.717, 1.165) is 0 Å². The molecule has 1 aliphatic heterocycles. The molecule has 88 valence electrons. The van der Waals surface area contributed by atoms with Crippen molar-refractivity contribution < 1.29 is 14.7 Å². The Kier molecular flexibility index (Phi) is 2.55. The summed E-state index contributed by atoms with van der Waals surface area (Å²) in [5.74, 6) is 0. The number of para-hydroxylation sites is 1. The van der Waals surface area contributed by atoms with Crippen LogP contribution in [-0.4, -0.2) is 15.5 Å². The van der Waals surface area contributed by atoms with Gasteiger partial charge in [0.25, 0.3) is 5.69 Å². The molecule has 2 rings (SSSR count). The van der Waals surface area contributed by atoms with Gasteiger partial charge in [0.05, 0.1) is 10.5 Å². The summed E-state index contributed by atoms with van der Waals surface area (Å²) in [6.07, 6.45) is -0.783. The standard InChI is InChI=1S/C11H10N2O4/c1-7-8(2)13(16)17-11(7)9-5-3-4-6-10(9)12(14)15/h3-6,11H,1H2,2H3. The Bertz CT molecular complexity index is 536. The molecule has 0 spiro atoms. The predicted molar refractivity (Wildman–Crippen MR) is 60.4 cm³/mol. The van der Waals surface area contributed by atoms with Crippen LogP contribution in [0.25, 0.3) is 0 Å². The molecule has 1 aliphatic rings. The van der Waals surface area contributed by atoms with Crippen molar-refractivity contribution >= 4 is 11.4 Å². The summed E-state index contributed by atoms with van der Waals surface area (Å²) in [4.78, 5) is 15.7. The average Bonchev–Trinajstić information content (AvgIpc) is 2.57. The molecule has 0 radical (unpaired) electrons. The summed E-state index contributed by atoms with van der Waals surface area (Å²) >= 11 is 0. The molecule has 1 aromatic rings. The van der Waals surface area contributed by atoms with Crippen molar-refractivity contribution in [2.75, 3.05) is 0 Å². The lowest BCUT2D eigenvalue weighted by atomic mass is 9.99. The molecular weight excluding hydrogens is 224 g/mol. The minimum absolute atomic E-state index is 0.0817. The third-order valence-electron chi connectivity index (χ3n) is 2.67. The van der Waals surface area contributed by atoms with E-state index >= 15 is 0 Å². The maximum atomic E-state index is 11.3. The topological polar surface area (TPSA) is 78.4 Å². The van der Waals surface area contributed by atoms with Crippen LogP contribution < -0.4 is 0 Å². The van der Waals surface area contributed by atoms with Crippen molar-refractivity contribution in [3.63, 3.8) is 0 Å². The van der Waals surface area contributed by atoms with Gasteiger partial charge >= 0.3 is 0 Å². The zero-order valence-corrected chi connectivity index (χ0v) is 9.12. The fourth-order valence-corrected chi connectivity index (χ4v) is 1.67. The Labute approximate surface area is 97.1 Å². The normalized spacial score (nSPS) is 19.4. The molecule has 0 bridgehead atoms. The van der Waals surface area contributed by atoms with E-state index in [-0.39, 0.29) is 5.69 Å². The first-order valence-electron chi connectivity index (χ1n) is 4.92. The molecule has 17 heavy (non-hydrogen) atoms. The van der Waals surface area contributed by atoms with Gasteiger partial charge < -0.3 is 4.84 Å². The van der Waals surface area contributed by atoms with E-state index in [1.807, 2.05) is 0 Å². The molecule has 1 atom stereocenters. The lowest BCUT2D eigenvalue weighted by Gasteiger charge is -2.12. The third kappa shape index (κ3) is 1.73. The summed E-state index contributed by atoms with van der Waals surface area (Å²) in [5, 5.41) is 22.1. The molecule has 0 aliphatic carbocycles. The van der Waals surface area contributed by atoms with E-state index in [1.165, 1.54) is 6.07 Å². The van der Waals surface area contributed by atoms with Gasteiger partial charge in [-0.15, -0.1) is 0 Å². The Balaban J connectivity index is 2.44. The number of benzene rings is 1. The van der Waals surface area contributed by atoms with Crippen LogP contribution in [0, 0.1) is 15.3 Å². The molecule has 1 unspecified atom stereocenters. The molecule has 1 heterocycles. The van der Waals surface area contributed by atoms with Crippen molar-refractivity contribution in [1.82, 2.24) is 0 Å². The highest BCUT2D eigenvalue weighted by molar-refractivity contribution is 5.95. The number of hydrogen-bond acceptors (Lipinski definition) is 4. The highest BCUT2D eigenvalue weighted by atomic mass is 16.9. The number of nitro benzene ring substituents is 1. The lowest BCUT2D eigenvalue weighted by Crippen LogP contribution is -2.05. The van der Waals surface area contributed by atoms with Gasteiger partial charge in [-0.25, -0.2) is 0 Å². The maximum absolute atomic E-state index is 11.3. The molecule has 0 N–H and O–H groups in total. The van der Waals surface area contributed by atoms with Crippen LogP contribution in [0.15, 0.2) is 36.4 Å². The molecule has 0 saturated carbocycles. The summed E-state index contributed by atoms with van der Waals surface area (Å²) < 4.78 is 0. The molecule has 6 nitrogen and oxygen atoms in total. The van der Waals surface area contributed by atoms with E-state index in [9.17, 15) is 15.3 Å². The molecule has 0 amide bonds. The van der Waals surface area contributed by atoms with E-state index < -0.39 is 11.0 Å². The minimum Gasteiger partial charge on any atom is -0.390 e. The summed E-state index contributed by atoms with van der Waals surface area (Å²) in [6.45, 7) is 5.28. The molecule has 0 aromatic heterocycles. The number of nitro groups is 1. The van der Waals surface area contributed by atoms with Gasteiger partial charge in [0.15, 0.2) is 0 Å². The van der Waals surface area contributed by atoms with Gasteiger partial charge in [-0.2, -0.15) is 0 Å². The van der Waals surface area contributed by atoms with Crippen LogP contribution >= 0.6 is 0 Å². The zero-order chi connectivity index (χ0) is 12.6. The van der Waals surface area contributed by atoms with Crippen LogP contribution in [0.3, 0.4) is 0 Å². The van der Waals surface area contributed by atoms with Crippen molar-refractivity contribution in [2.24, 2.45) is 0 Å². The average molecular weight is 234 g/mol. The smallest absolute Gasteiger partial charge is 0.274 e. The lowest BCUT2D eigenvalue weighted by molar-refractivity contribution is -0.742. The SMILES string of the molecule is C=C1C(C)=[N+]([O-])OC1c1ccccc1[N+](=O)[O-]. The molecule has 1 aromatic carbocycles. The number of rotatable bonds is 2. The fourth-order valence-electron chi connectivity index (χ4n) is 1.67. The fraction of sp³-hybridized carbons (Fsp3) is 0.182. The van der Waals surface area contributed by atoms with Crippen molar-refractivity contribution in [2.45, 2.75) is 13.0 Å². The second-order valence-electron chi connectivity index (χ2n) is 3.67. The molecule has 0 saturated heterocycles. The Morgan fingerprint density at radius 3 is 2.65 bits per heavy atom. The second-order valence-corrected chi connectivity index (χ2v) is 3.67. The summed E-state index contributed by atoms with van der Waals surface area (Å²) in [7, 11) is 0. The van der Waals surface area contributed by atoms with Gasteiger partial charge in [0.2, 0.25) is 5.71 Å². The van der Waals surface area contributed by atoms with E-state index in [0.29, 0.717) is 21.8 Å². The Morgan fingerprint density at radius 2 is 2.12 bits per heavy atom. The monoisotopic (exact) mass is 234 g/mol. The van der Waals surface area contributed by atoms with Crippen molar-refractivity contribution in [3.8, 4) is 0 Å². The summed E-state index contributed by atoms with van der Waals surface area (Å²) in [6, 6.07) is 6.14. The Hall–Kier alpha value is -2.37. The van der Waals surface area contributed by atoms with Gasteiger partial charge in [-0.05, 0) is 0 Å². The van der Waals surface area contributed by atoms with E-state index in [1.54, 1.807) is 25.1 Å². The number of hydrogen-bond donors (Lipinski definition) is 0. The largest absolute Gasteiger partial charge is 0.390 e.